The van der Waals surface area contributed by atoms with Gasteiger partial charge in [0.25, 0.3) is 5.69 Å². The summed E-state index contributed by atoms with van der Waals surface area (Å²) in [5.74, 6) is -2.07. The van der Waals surface area contributed by atoms with E-state index in [0.717, 1.165) is 31.0 Å². The van der Waals surface area contributed by atoms with Crippen molar-refractivity contribution in [1.82, 2.24) is 8.87 Å². The molecule has 2 fully saturated rings. The largest absolute Gasteiger partial charge is 0.477 e. The van der Waals surface area contributed by atoms with E-state index in [1.54, 1.807) is 9.47 Å². The molecule has 1 saturated carbocycles. The Morgan fingerprint density at radius 2 is 1.72 bits per heavy atom. The molecule has 1 N–H and O–H groups in total. The standard InChI is InChI=1S/C23H21FN4O7S/c24-19-11-17-20(27(14-1-2-14)13-18(22(17)29)23(30)31)12-21(19)25-7-9-26(10-8-25)36(34,35)16-5-3-15(4-6-16)28(32)33/h3-6,11-14H,1-2,7-10H2,(H,30,31). The minimum Gasteiger partial charge on any atom is -0.477 e. The Hall–Kier alpha value is -3.84. The summed E-state index contributed by atoms with van der Waals surface area (Å²) in [6, 6.07) is 7.24. The van der Waals surface area contributed by atoms with E-state index in [4.69, 9.17) is 0 Å². The van der Waals surface area contributed by atoms with Crippen LogP contribution < -0.4 is 10.3 Å². The molecule has 3 aromatic rings. The summed E-state index contributed by atoms with van der Waals surface area (Å²) in [5, 5.41) is 20.2. The van der Waals surface area contributed by atoms with Crippen LogP contribution in [0.25, 0.3) is 10.9 Å². The fraction of sp³-hybridized carbons (Fsp3) is 0.304. The van der Waals surface area contributed by atoms with E-state index >= 15 is 4.39 Å². The van der Waals surface area contributed by atoms with Gasteiger partial charge >= 0.3 is 5.97 Å². The Kier molecular flexibility index (Phi) is 5.75. The molecule has 188 valence electrons. The van der Waals surface area contributed by atoms with E-state index in [1.165, 1.54) is 28.7 Å². The summed E-state index contributed by atoms with van der Waals surface area (Å²) in [4.78, 5) is 36.0. The second-order valence-electron chi connectivity index (χ2n) is 8.78. The van der Waals surface area contributed by atoms with Crippen molar-refractivity contribution in [2.24, 2.45) is 0 Å². The number of benzene rings is 2. The fourth-order valence-electron chi connectivity index (χ4n) is 4.47. The number of nitro groups is 1. The highest BCUT2D eigenvalue weighted by atomic mass is 32.2. The van der Waals surface area contributed by atoms with Crippen molar-refractivity contribution in [1.29, 1.82) is 0 Å². The first-order chi connectivity index (χ1) is 17.1. The van der Waals surface area contributed by atoms with Crippen LogP contribution >= 0.6 is 0 Å². The lowest BCUT2D eigenvalue weighted by molar-refractivity contribution is -0.384. The highest BCUT2D eigenvalue weighted by Gasteiger charge is 2.31. The molecule has 36 heavy (non-hydrogen) atoms. The number of carboxylic acids is 1. The first kappa shape index (κ1) is 23.9. The van der Waals surface area contributed by atoms with Crippen LogP contribution in [0.4, 0.5) is 15.8 Å². The third-order valence-electron chi connectivity index (χ3n) is 6.54. The van der Waals surface area contributed by atoms with Gasteiger partial charge in [0.1, 0.15) is 11.4 Å². The van der Waals surface area contributed by atoms with Crippen molar-refractivity contribution < 1.29 is 27.6 Å². The Morgan fingerprint density at radius 1 is 1.08 bits per heavy atom. The Balaban J connectivity index is 1.42. The van der Waals surface area contributed by atoms with Crippen LogP contribution in [0.3, 0.4) is 0 Å². The van der Waals surface area contributed by atoms with E-state index < -0.39 is 37.7 Å². The maximum Gasteiger partial charge on any atom is 0.341 e. The molecule has 0 bridgehead atoms. The van der Waals surface area contributed by atoms with Gasteiger partial charge in [-0.1, -0.05) is 0 Å². The maximum atomic E-state index is 15.1. The molecule has 2 heterocycles. The average molecular weight is 517 g/mol. The molecule has 0 atom stereocenters. The monoisotopic (exact) mass is 516 g/mol. The number of aromatic carboxylic acids is 1. The molecule has 11 nitrogen and oxygen atoms in total. The summed E-state index contributed by atoms with van der Waals surface area (Å²) >= 11 is 0. The van der Waals surface area contributed by atoms with E-state index in [1.807, 2.05) is 0 Å². The molecule has 5 rings (SSSR count). The third-order valence-corrected chi connectivity index (χ3v) is 8.45. The number of sulfonamides is 1. The molecular formula is C23H21FN4O7S. The maximum absolute atomic E-state index is 15.1. The second kappa shape index (κ2) is 8.68. The number of hydrogen-bond donors (Lipinski definition) is 1. The average Bonchev–Trinajstić information content (AvgIpc) is 3.69. The predicted molar refractivity (Wildman–Crippen MR) is 127 cm³/mol. The molecule has 0 amide bonds. The molecule has 0 spiro atoms. The van der Waals surface area contributed by atoms with Crippen LogP contribution in [0.2, 0.25) is 0 Å². The quantitative estimate of drug-likeness (QED) is 0.389. The van der Waals surface area contributed by atoms with Crippen molar-refractivity contribution >= 4 is 38.3 Å². The highest BCUT2D eigenvalue weighted by molar-refractivity contribution is 7.89. The first-order valence-corrected chi connectivity index (χ1v) is 12.6. The number of carboxylic acid groups (broad SMARTS) is 1. The minimum atomic E-state index is -3.89. The zero-order chi connectivity index (χ0) is 25.8. The van der Waals surface area contributed by atoms with Crippen LogP contribution in [0.1, 0.15) is 29.2 Å². The van der Waals surface area contributed by atoms with E-state index in [9.17, 15) is 33.2 Å². The number of piperazine rings is 1. The summed E-state index contributed by atoms with van der Waals surface area (Å²) in [7, 11) is -3.89. The van der Waals surface area contributed by atoms with Crippen molar-refractivity contribution in [3.63, 3.8) is 0 Å². The number of nitro benzene ring substituents is 1. The minimum absolute atomic E-state index is 0.0116. The third kappa shape index (κ3) is 4.09. The Bertz CT molecular complexity index is 1560. The number of fused-ring (bicyclic) bond motifs is 1. The number of nitrogens with zero attached hydrogens (tertiary/aromatic N) is 4. The number of rotatable bonds is 6. The van der Waals surface area contributed by atoms with Crippen LogP contribution in [0, 0.1) is 15.9 Å². The highest BCUT2D eigenvalue weighted by Crippen LogP contribution is 2.38. The number of halogens is 1. The van der Waals surface area contributed by atoms with Gasteiger partial charge in [0, 0.05) is 55.9 Å². The molecule has 2 aliphatic rings. The van der Waals surface area contributed by atoms with E-state index in [0.29, 0.717) is 5.52 Å². The van der Waals surface area contributed by atoms with Gasteiger partial charge in [0.2, 0.25) is 15.5 Å². The number of aromatic nitrogens is 1. The number of carbonyl (C=O) groups is 1. The first-order valence-electron chi connectivity index (χ1n) is 11.2. The summed E-state index contributed by atoms with van der Waals surface area (Å²) in [6.07, 6.45) is 2.95. The van der Waals surface area contributed by atoms with E-state index in [-0.39, 0.29) is 53.9 Å². The molecule has 1 aliphatic heterocycles. The number of anilines is 1. The van der Waals surface area contributed by atoms with Crippen molar-refractivity contribution in [2.75, 3.05) is 31.1 Å². The van der Waals surface area contributed by atoms with Gasteiger partial charge in [-0.25, -0.2) is 17.6 Å². The van der Waals surface area contributed by atoms with E-state index in [2.05, 4.69) is 0 Å². The lowest BCUT2D eigenvalue weighted by Crippen LogP contribution is -2.48. The zero-order valence-electron chi connectivity index (χ0n) is 18.8. The lowest BCUT2D eigenvalue weighted by atomic mass is 10.1. The zero-order valence-corrected chi connectivity index (χ0v) is 19.6. The lowest BCUT2D eigenvalue weighted by Gasteiger charge is -2.35. The van der Waals surface area contributed by atoms with Crippen molar-refractivity contribution in [3.8, 4) is 0 Å². The summed E-state index contributed by atoms with van der Waals surface area (Å²) in [5.41, 5.74) is -0.743. The van der Waals surface area contributed by atoms with Gasteiger partial charge in [-0.05, 0) is 37.1 Å². The fourth-order valence-corrected chi connectivity index (χ4v) is 5.89. The Morgan fingerprint density at radius 3 is 2.28 bits per heavy atom. The van der Waals surface area contributed by atoms with Gasteiger partial charge < -0.3 is 14.6 Å². The van der Waals surface area contributed by atoms with Gasteiger partial charge in [0.15, 0.2) is 0 Å². The van der Waals surface area contributed by atoms with Crippen molar-refractivity contribution in [2.45, 2.75) is 23.8 Å². The van der Waals surface area contributed by atoms with Gasteiger partial charge in [-0.2, -0.15) is 4.31 Å². The van der Waals surface area contributed by atoms with Crippen molar-refractivity contribution in [3.05, 3.63) is 74.3 Å². The van der Waals surface area contributed by atoms with Crippen LogP contribution in [0.5, 0.6) is 0 Å². The SMILES string of the molecule is O=C(O)c1cn(C2CC2)c2cc(N3CCN(S(=O)(=O)c4ccc([N+](=O)[O-])cc4)CC3)c(F)cc2c1=O. The number of hydrogen-bond acceptors (Lipinski definition) is 7. The van der Waals surface area contributed by atoms with Gasteiger partial charge in [0.05, 0.1) is 21.0 Å². The molecular weight excluding hydrogens is 495 g/mol. The molecule has 0 unspecified atom stereocenters. The number of pyridine rings is 1. The topological polar surface area (TPSA) is 143 Å². The molecule has 1 aliphatic carbocycles. The number of non-ortho nitro benzene ring substituents is 1. The van der Waals surface area contributed by atoms with Gasteiger partial charge in [-0.15, -0.1) is 0 Å². The molecule has 0 radical (unpaired) electrons. The summed E-state index contributed by atoms with van der Waals surface area (Å²) in [6.45, 7) is 0.472. The molecule has 1 aromatic heterocycles. The molecule has 1 saturated heterocycles. The van der Waals surface area contributed by atoms with Crippen LogP contribution in [-0.4, -0.2) is 59.5 Å². The summed E-state index contributed by atoms with van der Waals surface area (Å²) < 4.78 is 44.0. The Labute approximate surface area is 204 Å². The van der Waals surface area contributed by atoms with Crippen LogP contribution in [-0.2, 0) is 10.0 Å². The molecule has 2 aromatic carbocycles. The predicted octanol–water partition coefficient (Wildman–Crippen LogP) is 2.59. The van der Waals surface area contributed by atoms with Crippen LogP contribution in [0.15, 0.2) is 52.3 Å². The normalized spacial score (nSPS) is 16.9. The van der Waals surface area contributed by atoms with Gasteiger partial charge in [-0.3, -0.25) is 14.9 Å². The smallest absolute Gasteiger partial charge is 0.341 e. The second-order valence-corrected chi connectivity index (χ2v) is 10.7. The molecule has 13 heteroatoms.